The summed E-state index contributed by atoms with van der Waals surface area (Å²) in [5.74, 6) is 0.0160. The first-order chi connectivity index (χ1) is 13.1. The molecule has 4 heterocycles. The number of piperazine rings is 1. The van der Waals surface area contributed by atoms with Crippen LogP contribution in [0.3, 0.4) is 0 Å². The Kier molecular flexibility index (Phi) is 8.28. The number of hydrogen-bond donors (Lipinski definition) is 1. The highest BCUT2D eigenvalue weighted by Gasteiger charge is 2.44. The summed E-state index contributed by atoms with van der Waals surface area (Å²) in [7, 11) is 2.18. The van der Waals surface area contributed by atoms with Crippen LogP contribution in [0, 0.1) is 5.92 Å². The molecular formula is C20H31Cl2N5O2. The van der Waals surface area contributed by atoms with Crippen molar-refractivity contribution in [2.75, 3.05) is 46.3 Å². The van der Waals surface area contributed by atoms with E-state index in [1.807, 2.05) is 17.0 Å². The highest BCUT2D eigenvalue weighted by molar-refractivity contribution is 5.89. The Bertz CT molecular complexity index is 699. The van der Waals surface area contributed by atoms with E-state index in [4.69, 9.17) is 0 Å². The van der Waals surface area contributed by atoms with Crippen molar-refractivity contribution in [3.63, 3.8) is 0 Å². The zero-order chi connectivity index (χ0) is 18.9. The maximum Gasteiger partial charge on any atom is 0.228 e. The van der Waals surface area contributed by atoms with E-state index in [1.54, 1.807) is 17.3 Å². The molecule has 3 fully saturated rings. The normalized spacial score (nSPS) is 24.2. The number of amides is 2. The van der Waals surface area contributed by atoms with Gasteiger partial charge in [0.2, 0.25) is 11.8 Å². The number of halogens is 2. The Morgan fingerprint density at radius 1 is 1.28 bits per heavy atom. The van der Waals surface area contributed by atoms with Gasteiger partial charge in [-0.3, -0.25) is 19.5 Å². The van der Waals surface area contributed by atoms with E-state index in [9.17, 15) is 9.59 Å². The summed E-state index contributed by atoms with van der Waals surface area (Å²) in [5, 5.41) is 3.42. The van der Waals surface area contributed by atoms with Crippen LogP contribution in [0.4, 0.5) is 0 Å². The molecule has 1 spiro atoms. The summed E-state index contributed by atoms with van der Waals surface area (Å²) in [6.07, 6.45) is 5.99. The van der Waals surface area contributed by atoms with Crippen LogP contribution >= 0.6 is 24.8 Å². The van der Waals surface area contributed by atoms with Gasteiger partial charge in [0.15, 0.2) is 0 Å². The first-order valence-electron chi connectivity index (χ1n) is 9.95. The first kappa shape index (κ1) is 23.9. The number of piperidine rings is 1. The number of nitrogens with one attached hydrogen (secondary N) is 1. The molecule has 1 atom stereocenters. The molecule has 29 heavy (non-hydrogen) atoms. The van der Waals surface area contributed by atoms with Gasteiger partial charge >= 0.3 is 0 Å². The Labute approximate surface area is 185 Å². The van der Waals surface area contributed by atoms with Gasteiger partial charge in [-0.05, 0) is 44.6 Å². The Hall–Kier alpha value is -1.41. The average molecular weight is 444 g/mol. The van der Waals surface area contributed by atoms with Crippen molar-refractivity contribution >= 4 is 36.6 Å². The maximum absolute atomic E-state index is 13.2. The van der Waals surface area contributed by atoms with Crippen molar-refractivity contribution in [2.45, 2.75) is 31.3 Å². The third kappa shape index (κ3) is 5.02. The lowest BCUT2D eigenvalue weighted by Crippen LogP contribution is -2.65. The zero-order valence-corrected chi connectivity index (χ0v) is 18.5. The van der Waals surface area contributed by atoms with E-state index in [0.717, 1.165) is 51.1 Å². The topological polar surface area (TPSA) is 68.8 Å². The number of likely N-dealkylation sites (tertiary alicyclic amines) is 1. The zero-order valence-electron chi connectivity index (χ0n) is 16.9. The lowest BCUT2D eigenvalue weighted by molar-refractivity contribution is -0.141. The fraction of sp³-hybridized carbons (Fsp3) is 0.650. The molecule has 0 aliphatic carbocycles. The lowest BCUT2D eigenvalue weighted by atomic mass is 9.84. The lowest BCUT2D eigenvalue weighted by Gasteiger charge is -2.51. The molecule has 0 radical (unpaired) electrons. The number of rotatable bonds is 3. The Morgan fingerprint density at radius 3 is 2.72 bits per heavy atom. The fourth-order valence-electron chi connectivity index (χ4n) is 4.74. The van der Waals surface area contributed by atoms with E-state index < -0.39 is 0 Å². The van der Waals surface area contributed by atoms with Crippen molar-refractivity contribution < 1.29 is 9.59 Å². The molecule has 3 aliphatic rings. The van der Waals surface area contributed by atoms with Gasteiger partial charge in [-0.25, -0.2) is 0 Å². The van der Waals surface area contributed by atoms with Gasteiger partial charge in [0.25, 0.3) is 0 Å². The number of carbonyl (C=O) groups is 2. The number of hydrogen-bond acceptors (Lipinski definition) is 5. The van der Waals surface area contributed by atoms with Crippen molar-refractivity contribution in [1.29, 1.82) is 0 Å². The monoisotopic (exact) mass is 443 g/mol. The predicted molar refractivity (Wildman–Crippen MR) is 116 cm³/mol. The highest BCUT2D eigenvalue weighted by Crippen LogP contribution is 2.31. The summed E-state index contributed by atoms with van der Waals surface area (Å²) in [6.45, 7) is 5.53. The second kappa shape index (κ2) is 10.1. The molecule has 9 heteroatoms. The second-order valence-electron chi connectivity index (χ2n) is 8.19. The standard InChI is InChI=1S/C20H29N5O2.2ClH/c1-23-9-10-24(15-20(23)4-7-21-8-5-20)19(27)17-11-18(26)25(14-17)13-16-3-2-6-22-12-16;;/h2-3,6,12,17,21H,4-5,7-11,13-15H2,1H3;2*1H. The maximum atomic E-state index is 13.2. The molecule has 3 aliphatic heterocycles. The average Bonchev–Trinajstić information content (AvgIpc) is 3.05. The van der Waals surface area contributed by atoms with Gasteiger partial charge in [0.05, 0.1) is 5.92 Å². The SMILES string of the molecule is CN1CCN(C(=O)C2CC(=O)N(Cc3cccnc3)C2)CC12CCNCC2.Cl.Cl. The Balaban J connectivity index is 0.00000150. The van der Waals surface area contributed by atoms with Crippen molar-refractivity contribution in [1.82, 2.24) is 25.0 Å². The van der Waals surface area contributed by atoms with Gasteiger partial charge in [-0.15, -0.1) is 24.8 Å². The summed E-state index contributed by atoms with van der Waals surface area (Å²) < 4.78 is 0. The number of aromatic nitrogens is 1. The molecule has 0 saturated carbocycles. The van der Waals surface area contributed by atoms with Crippen molar-refractivity contribution in [3.05, 3.63) is 30.1 Å². The molecule has 7 nitrogen and oxygen atoms in total. The van der Waals surface area contributed by atoms with E-state index in [2.05, 4.69) is 22.2 Å². The van der Waals surface area contributed by atoms with Gasteiger partial charge in [0.1, 0.15) is 0 Å². The Morgan fingerprint density at radius 2 is 2.03 bits per heavy atom. The number of pyridine rings is 1. The van der Waals surface area contributed by atoms with Gasteiger partial charge < -0.3 is 15.1 Å². The quantitative estimate of drug-likeness (QED) is 0.758. The second-order valence-corrected chi connectivity index (χ2v) is 8.19. The summed E-state index contributed by atoms with van der Waals surface area (Å²) >= 11 is 0. The molecule has 1 aromatic rings. The molecule has 0 aromatic carbocycles. The highest BCUT2D eigenvalue weighted by atomic mass is 35.5. The van der Waals surface area contributed by atoms with Crippen LogP contribution in [-0.4, -0.2) is 83.4 Å². The van der Waals surface area contributed by atoms with E-state index in [-0.39, 0.29) is 48.1 Å². The van der Waals surface area contributed by atoms with E-state index >= 15 is 0 Å². The van der Waals surface area contributed by atoms with Crippen LogP contribution in [0.25, 0.3) is 0 Å². The van der Waals surface area contributed by atoms with Crippen LogP contribution in [0.1, 0.15) is 24.8 Å². The molecule has 4 rings (SSSR count). The predicted octanol–water partition coefficient (Wildman–Crippen LogP) is 1.17. The third-order valence-electron chi connectivity index (χ3n) is 6.51. The molecule has 162 valence electrons. The van der Waals surface area contributed by atoms with Crippen LogP contribution in [0.2, 0.25) is 0 Å². The van der Waals surface area contributed by atoms with Gasteiger partial charge in [-0.1, -0.05) is 6.07 Å². The summed E-state index contributed by atoms with van der Waals surface area (Å²) in [5.41, 5.74) is 1.10. The largest absolute Gasteiger partial charge is 0.339 e. The fourth-order valence-corrected chi connectivity index (χ4v) is 4.74. The molecule has 1 N–H and O–H groups in total. The molecule has 1 aromatic heterocycles. The number of likely N-dealkylation sites (N-methyl/N-ethyl adjacent to an activating group) is 1. The van der Waals surface area contributed by atoms with Crippen LogP contribution in [-0.2, 0) is 16.1 Å². The molecule has 2 amide bonds. The summed E-state index contributed by atoms with van der Waals surface area (Å²) in [4.78, 5) is 36.0. The summed E-state index contributed by atoms with van der Waals surface area (Å²) in [6, 6.07) is 3.85. The minimum absolute atomic E-state index is 0. The minimum atomic E-state index is -0.212. The van der Waals surface area contributed by atoms with Crippen molar-refractivity contribution in [3.8, 4) is 0 Å². The van der Waals surface area contributed by atoms with Gasteiger partial charge in [-0.2, -0.15) is 0 Å². The molecule has 3 saturated heterocycles. The molecular weight excluding hydrogens is 413 g/mol. The smallest absolute Gasteiger partial charge is 0.228 e. The first-order valence-corrected chi connectivity index (χ1v) is 9.95. The molecule has 0 bridgehead atoms. The van der Waals surface area contributed by atoms with Crippen LogP contribution in [0.5, 0.6) is 0 Å². The third-order valence-corrected chi connectivity index (χ3v) is 6.51. The number of nitrogens with zero attached hydrogens (tertiary/aromatic N) is 4. The van der Waals surface area contributed by atoms with E-state index in [1.165, 1.54) is 0 Å². The van der Waals surface area contributed by atoms with E-state index in [0.29, 0.717) is 19.5 Å². The molecule has 1 unspecified atom stereocenters. The van der Waals surface area contributed by atoms with Gasteiger partial charge in [0, 0.05) is 57.1 Å². The number of carbonyl (C=O) groups excluding carboxylic acids is 2. The van der Waals surface area contributed by atoms with Crippen LogP contribution in [0.15, 0.2) is 24.5 Å². The van der Waals surface area contributed by atoms with Crippen molar-refractivity contribution in [2.24, 2.45) is 5.92 Å². The van der Waals surface area contributed by atoms with Crippen LogP contribution < -0.4 is 5.32 Å². The minimum Gasteiger partial charge on any atom is -0.339 e.